The van der Waals surface area contributed by atoms with Crippen LogP contribution in [0.2, 0.25) is 5.02 Å². The molecule has 3 nitrogen and oxygen atoms in total. The lowest BCUT2D eigenvalue weighted by Crippen LogP contribution is -2.31. The van der Waals surface area contributed by atoms with Gasteiger partial charge in [0.2, 0.25) is 5.91 Å². The van der Waals surface area contributed by atoms with Crippen LogP contribution in [0.3, 0.4) is 0 Å². The minimum atomic E-state index is -0.177. The Labute approximate surface area is 123 Å². The monoisotopic (exact) mass is 301 g/mol. The van der Waals surface area contributed by atoms with E-state index in [1.165, 1.54) is 6.08 Å². The summed E-state index contributed by atoms with van der Waals surface area (Å²) in [7, 11) is 1.55. The van der Waals surface area contributed by atoms with Gasteiger partial charge in [-0.05, 0) is 24.6 Å². The molecule has 0 aromatic heterocycles. The summed E-state index contributed by atoms with van der Waals surface area (Å²) < 4.78 is 5.04. The number of carbonyl (C=O) groups is 1. The third kappa shape index (κ3) is 6.10. The second kappa shape index (κ2) is 8.20. The largest absolute Gasteiger partial charge is 0.364 e. The first-order chi connectivity index (χ1) is 9.02. The van der Waals surface area contributed by atoms with Crippen molar-refractivity contribution in [2.24, 2.45) is 0 Å². The highest BCUT2D eigenvalue weighted by atomic mass is 35.5. The summed E-state index contributed by atoms with van der Waals surface area (Å²) in [6, 6.07) is 7.35. The van der Waals surface area contributed by atoms with Gasteiger partial charge in [-0.1, -0.05) is 29.8 Å². The Morgan fingerprint density at radius 1 is 1.42 bits per heavy atom. The predicted molar refractivity (Wildman–Crippen MR) is 78.3 cm³/mol. The Morgan fingerprint density at radius 3 is 2.58 bits per heavy atom. The number of rotatable bonds is 6. The summed E-state index contributed by atoms with van der Waals surface area (Å²) in [6.07, 6.45) is 3.11. The zero-order chi connectivity index (χ0) is 14.3. The van der Waals surface area contributed by atoms with Crippen molar-refractivity contribution in [3.63, 3.8) is 0 Å². The Morgan fingerprint density at radius 2 is 2.05 bits per heavy atom. The van der Waals surface area contributed by atoms with Crippen LogP contribution in [0.5, 0.6) is 0 Å². The van der Waals surface area contributed by atoms with E-state index in [-0.39, 0.29) is 18.0 Å². The van der Waals surface area contributed by atoms with Gasteiger partial charge in [-0.3, -0.25) is 4.79 Å². The van der Waals surface area contributed by atoms with Gasteiger partial charge in [-0.25, -0.2) is 0 Å². The molecule has 1 aromatic carbocycles. The van der Waals surface area contributed by atoms with Crippen molar-refractivity contribution >= 4 is 29.1 Å². The first-order valence-electron chi connectivity index (χ1n) is 5.87. The van der Waals surface area contributed by atoms with E-state index >= 15 is 0 Å². The van der Waals surface area contributed by atoms with Gasteiger partial charge in [0.1, 0.15) is 6.73 Å². The number of ether oxygens (including phenoxy) is 1. The normalized spacial score (nSPS) is 12.6. The fourth-order valence-electron chi connectivity index (χ4n) is 1.47. The molecule has 5 heteroatoms. The van der Waals surface area contributed by atoms with Crippen molar-refractivity contribution in [3.05, 3.63) is 47.0 Å². The van der Waals surface area contributed by atoms with E-state index in [1.807, 2.05) is 12.1 Å². The molecule has 0 spiro atoms. The number of carbonyl (C=O) groups excluding carboxylic acids is 1. The third-order valence-corrected chi connectivity index (χ3v) is 2.78. The summed E-state index contributed by atoms with van der Waals surface area (Å²) >= 11 is 11.6. The number of benzene rings is 1. The van der Waals surface area contributed by atoms with Crippen molar-refractivity contribution in [2.45, 2.75) is 18.8 Å². The van der Waals surface area contributed by atoms with Gasteiger partial charge in [0.25, 0.3) is 0 Å². The highest BCUT2D eigenvalue weighted by molar-refractivity contribution is 6.30. The highest BCUT2D eigenvalue weighted by Crippen LogP contribution is 2.12. The Bertz CT molecular complexity index is 430. The minimum Gasteiger partial charge on any atom is -0.364 e. The van der Waals surface area contributed by atoms with E-state index < -0.39 is 0 Å². The molecule has 0 bridgehead atoms. The second-order valence-electron chi connectivity index (χ2n) is 4.12. The number of nitrogens with zero attached hydrogens (tertiary/aromatic N) is 1. The van der Waals surface area contributed by atoms with E-state index in [1.54, 1.807) is 37.1 Å². The van der Waals surface area contributed by atoms with Gasteiger partial charge < -0.3 is 9.64 Å². The maximum atomic E-state index is 12.0. The van der Waals surface area contributed by atoms with Crippen LogP contribution in [0, 0.1) is 0 Å². The van der Waals surface area contributed by atoms with Crippen LogP contribution in [-0.4, -0.2) is 30.0 Å². The van der Waals surface area contributed by atoms with Crippen LogP contribution >= 0.6 is 23.2 Å². The quantitative estimate of drug-likeness (QED) is 0.457. The zero-order valence-corrected chi connectivity index (χ0v) is 12.5. The molecule has 1 rings (SSSR count). The number of halogens is 2. The maximum absolute atomic E-state index is 12.0. The molecule has 0 fully saturated rings. The molecule has 0 aliphatic heterocycles. The van der Waals surface area contributed by atoms with Crippen molar-refractivity contribution < 1.29 is 9.53 Å². The summed E-state index contributed by atoms with van der Waals surface area (Å²) in [5.74, 6) is -0.135. The molecule has 104 valence electrons. The van der Waals surface area contributed by atoms with Crippen LogP contribution in [0.4, 0.5) is 0 Å². The lowest BCUT2D eigenvalue weighted by atomic mass is 10.2. The molecule has 0 N–H and O–H groups in total. The Balaban J connectivity index is 2.71. The first-order valence-corrected chi connectivity index (χ1v) is 6.69. The average Bonchev–Trinajstić information content (AvgIpc) is 2.38. The minimum absolute atomic E-state index is 0.135. The molecular formula is C14H17Cl2NO2. The van der Waals surface area contributed by atoms with Crippen LogP contribution in [0.25, 0.3) is 0 Å². The van der Waals surface area contributed by atoms with E-state index in [9.17, 15) is 4.79 Å². The molecule has 0 radical (unpaired) electrons. The van der Waals surface area contributed by atoms with Gasteiger partial charge in [0.15, 0.2) is 0 Å². The van der Waals surface area contributed by atoms with Crippen molar-refractivity contribution in [1.82, 2.24) is 4.90 Å². The molecule has 0 heterocycles. The number of alkyl halides is 1. The lowest BCUT2D eigenvalue weighted by Gasteiger charge is -2.20. The number of methoxy groups -OCH3 is 1. The highest BCUT2D eigenvalue weighted by Gasteiger charge is 2.11. The molecular weight excluding hydrogens is 285 g/mol. The molecule has 0 aliphatic carbocycles. The van der Waals surface area contributed by atoms with Gasteiger partial charge in [0.05, 0.1) is 0 Å². The SMILES string of the molecule is COCN(Cc1ccc(Cl)cc1)C(=O)/C=C/C(C)Cl. The summed E-state index contributed by atoms with van der Waals surface area (Å²) in [4.78, 5) is 13.6. The topological polar surface area (TPSA) is 29.5 Å². The van der Waals surface area contributed by atoms with E-state index in [2.05, 4.69) is 0 Å². The standard InChI is InChI=1S/C14H17Cl2NO2/c1-11(15)3-8-14(18)17(10-19-2)9-12-4-6-13(16)7-5-12/h3-8,11H,9-10H2,1-2H3/b8-3+. The van der Waals surface area contributed by atoms with Crippen LogP contribution in [-0.2, 0) is 16.1 Å². The fourth-order valence-corrected chi connectivity index (χ4v) is 1.67. The zero-order valence-electron chi connectivity index (χ0n) is 11.0. The summed E-state index contributed by atoms with van der Waals surface area (Å²) in [5, 5.41) is 0.494. The molecule has 1 atom stereocenters. The first kappa shape index (κ1) is 16.0. The number of hydrogen-bond acceptors (Lipinski definition) is 2. The van der Waals surface area contributed by atoms with Gasteiger partial charge >= 0.3 is 0 Å². The van der Waals surface area contributed by atoms with Crippen LogP contribution in [0.1, 0.15) is 12.5 Å². The van der Waals surface area contributed by atoms with E-state index in [4.69, 9.17) is 27.9 Å². The Hall–Kier alpha value is -1.03. The average molecular weight is 302 g/mol. The molecule has 0 saturated carbocycles. The third-order valence-electron chi connectivity index (χ3n) is 2.39. The van der Waals surface area contributed by atoms with Crippen molar-refractivity contribution in [3.8, 4) is 0 Å². The van der Waals surface area contributed by atoms with E-state index in [0.29, 0.717) is 11.6 Å². The van der Waals surface area contributed by atoms with Crippen molar-refractivity contribution in [2.75, 3.05) is 13.8 Å². The predicted octanol–water partition coefficient (Wildman–Crippen LogP) is 3.46. The smallest absolute Gasteiger partial charge is 0.248 e. The molecule has 0 aliphatic rings. The number of amides is 1. The second-order valence-corrected chi connectivity index (χ2v) is 5.24. The summed E-state index contributed by atoms with van der Waals surface area (Å²) in [5.41, 5.74) is 0.988. The molecule has 1 unspecified atom stereocenters. The van der Waals surface area contributed by atoms with Crippen LogP contribution in [0.15, 0.2) is 36.4 Å². The maximum Gasteiger partial charge on any atom is 0.248 e. The molecule has 1 amide bonds. The number of allylic oxidation sites excluding steroid dienone is 1. The van der Waals surface area contributed by atoms with Crippen molar-refractivity contribution in [1.29, 1.82) is 0 Å². The molecule has 0 saturated heterocycles. The van der Waals surface area contributed by atoms with Gasteiger partial charge in [-0.15, -0.1) is 11.6 Å². The number of hydrogen-bond donors (Lipinski definition) is 0. The van der Waals surface area contributed by atoms with Gasteiger partial charge in [0, 0.05) is 30.1 Å². The van der Waals surface area contributed by atoms with Gasteiger partial charge in [-0.2, -0.15) is 0 Å². The lowest BCUT2D eigenvalue weighted by molar-refractivity contribution is -0.131. The fraction of sp³-hybridized carbons (Fsp3) is 0.357. The summed E-state index contributed by atoms with van der Waals surface area (Å²) in [6.45, 7) is 2.48. The molecule has 1 aromatic rings. The molecule has 19 heavy (non-hydrogen) atoms. The van der Waals surface area contributed by atoms with E-state index in [0.717, 1.165) is 5.56 Å². The Kier molecular flexibility index (Phi) is 6.92. The van der Waals surface area contributed by atoms with Crippen LogP contribution < -0.4 is 0 Å².